The molecule has 0 atom stereocenters. The number of unbranched alkanes of at least 4 members (excludes halogenated alkanes) is 4. The van der Waals surface area contributed by atoms with Crippen LogP contribution in [-0.4, -0.2) is 5.97 Å². The highest BCUT2D eigenvalue weighted by molar-refractivity contribution is 5.91. The number of benzene rings is 2. The van der Waals surface area contributed by atoms with Gasteiger partial charge in [0.2, 0.25) is 0 Å². The maximum absolute atomic E-state index is 12.5. The molecule has 2 nitrogen and oxygen atoms in total. The first-order chi connectivity index (χ1) is 17.2. The highest BCUT2D eigenvalue weighted by Gasteiger charge is 2.18. The van der Waals surface area contributed by atoms with Gasteiger partial charge in [-0.25, -0.2) is 4.79 Å². The zero-order valence-electron chi connectivity index (χ0n) is 22.1. The number of esters is 1. The lowest BCUT2D eigenvalue weighted by Gasteiger charge is -2.26. The lowest BCUT2D eigenvalue weighted by molar-refractivity contribution is 0.0734. The molecule has 190 valence electrons. The van der Waals surface area contributed by atoms with Gasteiger partial charge in [-0.05, 0) is 98.6 Å². The number of aryl methyl sites for hydroxylation is 2. The van der Waals surface area contributed by atoms with Gasteiger partial charge >= 0.3 is 5.97 Å². The second kappa shape index (κ2) is 15.6. The predicted octanol–water partition coefficient (Wildman–Crippen LogP) is 9.51. The smallest absolute Gasteiger partial charge is 0.343 e. The second-order valence-corrected chi connectivity index (χ2v) is 10.4. The molecule has 0 radical (unpaired) electrons. The van der Waals surface area contributed by atoms with Crippen LogP contribution >= 0.6 is 0 Å². The summed E-state index contributed by atoms with van der Waals surface area (Å²) in [4.78, 5) is 12.5. The van der Waals surface area contributed by atoms with Gasteiger partial charge in [0.05, 0.1) is 5.56 Å². The molecule has 0 N–H and O–H groups in total. The predicted molar refractivity (Wildman–Crippen MR) is 148 cm³/mol. The van der Waals surface area contributed by atoms with Gasteiger partial charge in [0.15, 0.2) is 0 Å². The van der Waals surface area contributed by atoms with E-state index in [1.807, 2.05) is 24.3 Å². The Balaban J connectivity index is 1.35. The van der Waals surface area contributed by atoms with Gasteiger partial charge in [-0.15, -0.1) is 0 Å². The van der Waals surface area contributed by atoms with E-state index >= 15 is 0 Å². The maximum Gasteiger partial charge on any atom is 0.343 e. The van der Waals surface area contributed by atoms with Gasteiger partial charge in [0, 0.05) is 0 Å². The summed E-state index contributed by atoms with van der Waals surface area (Å²) in [7, 11) is 0. The molecule has 2 heteroatoms. The van der Waals surface area contributed by atoms with Crippen molar-refractivity contribution in [3.05, 3.63) is 77.4 Å². The number of ether oxygens (including phenoxy) is 1. The molecule has 0 aromatic heterocycles. The molecule has 3 rings (SSSR count). The molecule has 0 bridgehead atoms. The van der Waals surface area contributed by atoms with Crippen molar-refractivity contribution >= 4 is 5.97 Å². The first kappa shape index (κ1) is 27.2. The fourth-order valence-corrected chi connectivity index (χ4v) is 5.17. The van der Waals surface area contributed by atoms with Crippen molar-refractivity contribution in [1.29, 1.82) is 0 Å². The highest BCUT2D eigenvalue weighted by atomic mass is 16.5. The van der Waals surface area contributed by atoms with Crippen LogP contribution in [0.5, 0.6) is 5.75 Å². The van der Waals surface area contributed by atoms with E-state index in [2.05, 4.69) is 50.3 Å². The number of allylic oxidation sites excluding steroid dienone is 2. The minimum atomic E-state index is -0.291. The third-order valence-corrected chi connectivity index (χ3v) is 7.51. The Hall–Kier alpha value is -2.35. The Morgan fingerprint density at radius 2 is 1.43 bits per heavy atom. The van der Waals surface area contributed by atoms with Crippen molar-refractivity contribution in [2.24, 2.45) is 11.8 Å². The summed E-state index contributed by atoms with van der Waals surface area (Å²) >= 11 is 0. The van der Waals surface area contributed by atoms with Crippen molar-refractivity contribution in [2.75, 3.05) is 0 Å². The van der Waals surface area contributed by atoms with Crippen molar-refractivity contribution < 1.29 is 9.53 Å². The zero-order valence-corrected chi connectivity index (χ0v) is 22.1. The van der Waals surface area contributed by atoms with Crippen LogP contribution < -0.4 is 4.74 Å². The van der Waals surface area contributed by atoms with Crippen LogP contribution in [0.2, 0.25) is 0 Å². The van der Waals surface area contributed by atoms with Gasteiger partial charge in [0.1, 0.15) is 5.75 Å². The first-order valence-electron chi connectivity index (χ1n) is 14.2. The quantitative estimate of drug-likeness (QED) is 0.118. The van der Waals surface area contributed by atoms with Crippen LogP contribution in [0.15, 0.2) is 60.7 Å². The molecule has 0 amide bonds. The molecule has 1 saturated carbocycles. The van der Waals surface area contributed by atoms with Crippen LogP contribution in [-0.2, 0) is 12.8 Å². The summed E-state index contributed by atoms with van der Waals surface area (Å²) in [6.45, 7) is 4.51. The Morgan fingerprint density at radius 3 is 2.11 bits per heavy atom. The SMILES string of the molecule is CCCCCc1ccc(OC(=O)c2ccc(CC/C=C/[C@H]3CC[C@H](CCCCC)CC3)cc2)cc1. The Kier molecular flexibility index (Phi) is 12.1. The molecule has 2 aromatic carbocycles. The van der Waals surface area contributed by atoms with E-state index < -0.39 is 0 Å². The zero-order chi connectivity index (χ0) is 24.7. The average Bonchev–Trinajstić information content (AvgIpc) is 2.89. The van der Waals surface area contributed by atoms with Crippen LogP contribution in [0.4, 0.5) is 0 Å². The molecule has 0 aliphatic heterocycles. The minimum absolute atomic E-state index is 0.291. The van der Waals surface area contributed by atoms with Crippen molar-refractivity contribution in [2.45, 2.75) is 104 Å². The van der Waals surface area contributed by atoms with E-state index in [4.69, 9.17) is 4.74 Å². The van der Waals surface area contributed by atoms with Gasteiger partial charge in [-0.2, -0.15) is 0 Å². The van der Waals surface area contributed by atoms with Crippen LogP contribution in [0.25, 0.3) is 0 Å². The van der Waals surface area contributed by atoms with E-state index in [1.165, 1.54) is 81.8 Å². The summed E-state index contributed by atoms with van der Waals surface area (Å²) in [6.07, 6.45) is 22.8. The minimum Gasteiger partial charge on any atom is -0.423 e. The van der Waals surface area contributed by atoms with Crippen LogP contribution in [0, 0.1) is 11.8 Å². The number of carbonyl (C=O) groups is 1. The standard InChI is InChI=1S/C33H46O2/c1-3-5-7-11-27-15-17-28(18-16-27)13-9-10-14-29-19-23-31(24-20-29)33(34)35-32-25-21-30(22-26-32)12-8-6-4-2/h9,13,19-28H,3-8,10-12,14-18H2,1-2H3/b13-9+/t27-,28-. The van der Waals surface area contributed by atoms with Gasteiger partial charge in [-0.1, -0.05) is 88.8 Å². The first-order valence-corrected chi connectivity index (χ1v) is 14.2. The Bertz CT molecular complexity index is 870. The number of rotatable bonds is 14. The van der Waals surface area contributed by atoms with E-state index in [0.717, 1.165) is 31.1 Å². The molecule has 0 heterocycles. The molecule has 1 aliphatic carbocycles. The van der Waals surface area contributed by atoms with Crippen molar-refractivity contribution in [3.63, 3.8) is 0 Å². The fraction of sp³-hybridized carbons (Fsp3) is 0.545. The van der Waals surface area contributed by atoms with Crippen molar-refractivity contribution in [1.82, 2.24) is 0 Å². The molecule has 35 heavy (non-hydrogen) atoms. The number of hydrogen-bond donors (Lipinski definition) is 0. The lowest BCUT2D eigenvalue weighted by atomic mass is 9.79. The topological polar surface area (TPSA) is 26.3 Å². The normalized spacial score (nSPS) is 18.1. The van der Waals surface area contributed by atoms with Gasteiger partial charge in [0.25, 0.3) is 0 Å². The van der Waals surface area contributed by atoms with E-state index in [1.54, 1.807) is 0 Å². The summed E-state index contributed by atoms with van der Waals surface area (Å²) in [6, 6.07) is 15.8. The second-order valence-electron chi connectivity index (χ2n) is 10.4. The molecule has 1 fully saturated rings. The van der Waals surface area contributed by atoms with Crippen molar-refractivity contribution in [3.8, 4) is 5.75 Å². The van der Waals surface area contributed by atoms with Crippen LogP contribution in [0.3, 0.4) is 0 Å². The molecule has 2 aromatic rings. The monoisotopic (exact) mass is 474 g/mol. The third-order valence-electron chi connectivity index (χ3n) is 7.51. The number of hydrogen-bond acceptors (Lipinski definition) is 2. The highest BCUT2D eigenvalue weighted by Crippen LogP contribution is 2.32. The fourth-order valence-electron chi connectivity index (χ4n) is 5.17. The largest absolute Gasteiger partial charge is 0.423 e. The summed E-state index contributed by atoms with van der Waals surface area (Å²) in [5, 5.41) is 0. The number of carbonyl (C=O) groups excluding carboxylic acids is 1. The van der Waals surface area contributed by atoms with Gasteiger partial charge < -0.3 is 4.74 Å². The Labute approximate surface area is 214 Å². The summed E-state index contributed by atoms with van der Waals surface area (Å²) < 4.78 is 5.57. The maximum atomic E-state index is 12.5. The van der Waals surface area contributed by atoms with E-state index in [0.29, 0.717) is 11.3 Å². The molecular formula is C33H46O2. The average molecular weight is 475 g/mol. The molecule has 1 aliphatic rings. The Morgan fingerprint density at radius 1 is 0.800 bits per heavy atom. The molecular weight excluding hydrogens is 428 g/mol. The van der Waals surface area contributed by atoms with E-state index in [9.17, 15) is 4.79 Å². The summed E-state index contributed by atoms with van der Waals surface area (Å²) in [5.41, 5.74) is 3.17. The van der Waals surface area contributed by atoms with Gasteiger partial charge in [-0.3, -0.25) is 0 Å². The molecule has 0 spiro atoms. The molecule has 0 unspecified atom stereocenters. The molecule has 0 saturated heterocycles. The van der Waals surface area contributed by atoms with E-state index in [-0.39, 0.29) is 5.97 Å². The third kappa shape index (κ3) is 10.0. The lowest BCUT2D eigenvalue weighted by Crippen LogP contribution is -2.13. The van der Waals surface area contributed by atoms with Crippen LogP contribution in [0.1, 0.15) is 112 Å². The summed E-state index contributed by atoms with van der Waals surface area (Å²) in [5.74, 6) is 2.07.